The second-order valence-corrected chi connectivity index (χ2v) is 7.85. The molecule has 0 atom stereocenters. The molecule has 0 bridgehead atoms. The first-order chi connectivity index (χ1) is 18.0. The van der Waals surface area contributed by atoms with Crippen LogP contribution in [0.2, 0.25) is 0 Å². The average molecular weight is 676 g/mol. The Morgan fingerprint density at radius 3 is 1.10 bits per heavy atom. The topological polar surface area (TPSA) is 63.6 Å². The van der Waals surface area contributed by atoms with Crippen molar-refractivity contribution in [3.05, 3.63) is 12.2 Å². The number of carbonyl (C=O) groups excluding carboxylic acids is 1. The van der Waals surface area contributed by atoms with Gasteiger partial charge in [0, 0.05) is 5.57 Å². The molecule has 0 heterocycles. The summed E-state index contributed by atoms with van der Waals surface area (Å²) in [5.41, 5.74) is -1.08. The van der Waals surface area contributed by atoms with Crippen LogP contribution in [0.15, 0.2) is 12.2 Å². The van der Waals surface area contributed by atoms with Gasteiger partial charge in [-0.25, -0.2) is 4.79 Å². The van der Waals surface area contributed by atoms with E-state index in [0.29, 0.717) is 0 Å². The van der Waals surface area contributed by atoms with Gasteiger partial charge in [0.05, 0.1) is 19.4 Å². The Labute approximate surface area is 216 Å². The monoisotopic (exact) mass is 676 g/mol. The second kappa shape index (κ2) is 10.7. The molecule has 0 spiro atoms. The van der Waals surface area contributed by atoms with E-state index in [0.717, 1.165) is 0 Å². The Kier molecular flexibility index (Phi) is 10.0. The fourth-order valence-corrected chi connectivity index (χ4v) is 2.34. The first-order valence-electron chi connectivity index (χ1n) is 9.51. The highest BCUT2D eigenvalue weighted by Crippen LogP contribution is 2.66. The molecule has 0 saturated heterocycles. The number of carboxylic acids is 1. The molecule has 0 amide bonds. The Hall–Kier alpha value is -2.79. The molecule has 0 aliphatic carbocycles. The molecule has 0 radical (unpaired) electrons. The normalized spacial score (nSPS) is 15.5. The lowest BCUT2D eigenvalue weighted by Gasteiger charge is -2.44. The van der Waals surface area contributed by atoms with Crippen molar-refractivity contribution in [1.29, 1.82) is 0 Å². The van der Waals surface area contributed by atoms with Gasteiger partial charge in [0.15, 0.2) is 0 Å². The van der Waals surface area contributed by atoms with Crippen LogP contribution in [0.5, 0.6) is 0 Å². The Morgan fingerprint density at radius 2 is 0.810 bits per heavy atom. The highest BCUT2D eigenvalue weighted by Gasteiger charge is 2.97. The number of rotatable bonds is 14. The lowest BCUT2D eigenvalue weighted by molar-refractivity contribution is -0.474. The van der Waals surface area contributed by atoms with Gasteiger partial charge in [-0.15, -0.1) is 0 Å². The molecule has 0 aliphatic rings. The van der Waals surface area contributed by atoms with Gasteiger partial charge in [0.2, 0.25) is 0 Å². The largest absolute Gasteiger partial charge is 0.478 e. The number of esters is 1. The summed E-state index contributed by atoms with van der Waals surface area (Å²) in [6.45, 7) is 0.363. The van der Waals surface area contributed by atoms with E-state index in [4.69, 9.17) is 5.11 Å². The summed E-state index contributed by atoms with van der Waals surface area (Å²) in [6.07, 6.45) is -12.6. The van der Waals surface area contributed by atoms with Gasteiger partial charge in [-0.3, -0.25) is 4.79 Å². The van der Waals surface area contributed by atoms with Gasteiger partial charge in [-0.05, 0) is 0 Å². The Bertz CT molecular complexity index is 1040. The molecule has 0 aliphatic heterocycles. The third-order valence-corrected chi connectivity index (χ3v) is 4.92. The van der Waals surface area contributed by atoms with E-state index in [1.807, 2.05) is 0 Å². The fourth-order valence-electron chi connectivity index (χ4n) is 2.34. The maximum atomic E-state index is 13.7. The highest BCUT2D eigenvalue weighted by molar-refractivity contribution is 5.91. The number of carboxylic acid groups (broad SMARTS) is 1. The molecular formula is C17H9F21O4. The summed E-state index contributed by atoms with van der Waals surface area (Å²) >= 11 is 0. The summed E-state index contributed by atoms with van der Waals surface area (Å²) < 4.78 is 282. The van der Waals surface area contributed by atoms with Gasteiger partial charge in [0.1, 0.15) is 0 Å². The first-order valence-corrected chi connectivity index (χ1v) is 9.51. The van der Waals surface area contributed by atoms with Crippen LogP contribution in [0.4, 0.5) is 92.2 Å². The van der Waals surface area contributed by atoms with E-state index in [1.54, 1.807) is 0 Å². The molecule has 0 aromatic heterocycles. The molecule has 25 heteroatoms. The van der Waals surface area contributed by atoms with Crippen molar-refractivity contribution in [3.8, 4) is 0 Å². The van der Waals surface area contributed by atoms with Gasteiger partial charge in [-0.1, -0.05) is 6.58 Å². The molecule has 42 heavy (non-hydrogen) atoms. The molecule has 248 valence electrons. The minimum Gasteiger partial charge on any atom is -0.478 e. The lowest BCUT2D eigenvalue weighted by atomic mass is 9.86. The number of halogens is 21. The van der Waals surface area contributed by atoms with Crippen LogP contribution in [0.25, 0.3) is 0 Å². The SMILES string of the molecule is C=C(CC(=O)OCCC(F)(F)C(F)(F)C(F)(F)C(F)(F)C(F)(F)C(F)(F)C(F)(F)C(F)(F)C(F)(F)C(F)(F)F)C(=O)O. The van der Waals surface area contributed by atoms with E-state index in [9.17, 15) is 102 Å². The number of ether oxygens (including phenoxy) is 1. The smallest absolute Gasteiger partial charge is 0.460 e. The molecule has 0 fully saturated rings. The van der Waals surface area contributed by atoms with Crippen molar-refractivity contribution in [2.24, 2.45) is 0 Å². The van der Waals surface area contributed by atoms with Crippen molar-refractivity contribution in [2.45, 2.75) is 72.3 Å². The quantitative estimate of drug-likeness (QED) is 0.120. The van der Waals surface area contributed by atoms with Crippen LogP contribution in [0.3, 0.4) is 0 Å². The molecule has 4 nitrogen and oxygen atoms in total. The predicted octanol–water partition coefficient (Wildman–Crippen LogP) is 7.23. The van der Waals surface area contributed by atoms with Crippen LogP contribution in [-0.4, -0.2) is 83.1 Å². The van der Waals surface area contributed by atoms with E-state index in [-0.39, 0.29) is 0 Å². The van der Waals surface area contributed by atoms with Crippen molar-refractivity contribution in [2.75, 3.05) is 6.61 Å². The Morgan fingerprint density at radius 1 is 0.524 bits per heavy atom. The highest BCUT2D eigenvalue weighted by atomic mass is 19.4. The number of carbonyl (C=O) groups is 2. The van der Waals surface area contributed by atoms with Crippen LogP contribution >= 0.6 is 0 Å². The van der Waals surface area contributed by atoms with Crippen molar-refractivity contribution >= 4 is 11.9 Å². The van der Waals surface area contributed by atoms with Gasteiger partial charge < -0.3 is 9.84 Å². The third kappa shape index (κ3) is 5.62. The minimum absolute atomic E-state index is 1.08. The molecule has 0 rings (SSSR count). The maximum Gasteiger partial charge on any atom is 0.460 e. The summed E-state index contributed by atoms with van der Waals surface area (Å²) in [4.78, 5) is 21.5. The van der Waals surface area contributed by atoms with Crippen LogP contribution in [-0.2, 0) is 14.3 Å². The van der Waals surface area contributed by atoms with Crippen LogP contribution in [0.1, 0.15) is 12.8 Å². The Balaban J connectivity index is 6.57. The van der Waals surface area contributed by atoms with E-state index >= 15 is 0 Å². The average Bonchev–Trinajstić information content (AvgIpc) is 2.76. The summed E-state index contributed by atoms with van der Waals surface area (Å²) in [6, 6.07) is 0. The molecular weight excluding hydrogens is 667 g/mol. The lowest BCUT2D eigenvalue weighted by Crippen LogP contribution is -2.76. The zero-order chi connectivity index (χ0) is 34.6. The molecule has 0 aromatic rings. The number of hydrogen-bond donors (Lipinski definition) is 1. The minimum atomic E-state index is -9.27. The summed E-state index contributed by atoms with van der Waals surface area (Å²) in [5, 5.41) is 8.38. The number of hydrogen-bond acceptors (Lipinski definition) is 3. The van der Waals surface area contributed by atoms with E-state index in [1.165, 1.54) is 0 Å². The van der Waals surface area contributed by atoms with Crippen molar-refractivity contribution in [1.82, 2.24) is 0 Å². The second-order valence-electron chi connectivity index (χ2n) is 7.85. The molecule has 1 N–H and O–H groups in total. The number of aliphatic carboxylic acids is 1. The predicted molar refractivity (Wildman–Crippen MR) is 87.5 cm³/mol. The van der Waals surface area contributed by atoms with Crippen LogP contribution in [0, 0.1) is 0 Å². The molecule has 0 unspecified atom stereocenters. The van der Waals surface area contributed by atoms with E-state index in [2.05, 4.69) is 11.3 Å². The maximum absolute atomic E-state index is 13.7. The van der Waals surface area contributed by atoms with Gasteiger partial charge in [0.25, 0.3) is 0 Å². The number of alkyl halides is 21. The van der Waals surface area contributed by atoms with Crippen LogP contribution < -0.4 is 0 Å². The zero-order valence-corrected chi connectivity index (χ0v) is 18.9. The molecule has 0 aromatic carbocycles. The third-order valence-electron chi connectivity index (χ3n) is 4.92. The molecule has 0 saturated carbocycles. The summed E-state index contributed by atoms with van der Waals surface area (Å²) in [5.74, 6) is -82.0. The van der Waals surface area contributed by atoms with E-state index < -0.39 is 96.4 Å². The first kappa shape index (κ1) is 39.2. The van der Waals surface area contributed by atoms with Gasteiger partial charge >= 0.3 is 71.4 Å². The zero-order valence-electron chi connectivity index (χ0n) is 18.9. The van der Waals surface area contributed by atoms with Crippen molar-refractivity contribution in [3.63, 3.8) is 0 Å². The van der Waals surface area contributed by atoms with Crippen molar-refractivity contribution < 1.29 is 112 Å². The fraction of sp³-hybridized carbons (Fsp3) is 0.765. The van der Waals surface area contributed by atoms with Gasteiger partial charge in [-0.2, -0.15) is 92.2 Å². The standard InChI is InChI=1S/C17H9F21O4/c1-5(7(40)41)4-6(39)42-3-2-8(18,19)9(20,21)10(22,23)11(24,25)12(26,27)13(28,29)14(30,31)15(32,33)16(34,35)17(36,37)38/h1-4H2,(H,40,41). The summed E-state index contributed by atoms with van der Waals surface area (Å²) in [7, 11) is 0.